The molecule has 0 spiro atoms. The number of nitrogens with one attached hydrogen (secondary N) is 1. The molecule has 1 fully saturated rings. The number of carbonyl (C=O) groups excluding carboxylic acids is 2. The molecular formula is C27H27N3O5. The van der Waals surface area contributed by atoms with Crippen LogP contribution in [0.2, 0.25) is 0 Å². The van der Waals surface area contributed by atoms with Crippen molar-refractivity contribution >= 4 is 28.2 Å². The van der Waals surface area contributed by atoms with Gasteiger partial charge in [0, 0.05) is 35.7 Å². The van der Waals surface area contributed by atoms with Gasteiger partial charge in [-0.1, -0.05) is 12.5 Å². The first kappa shape index (κ1) is 21.9. The predicted molar refractivity (Wildman–Crippen MR) is 132 cm³/mol. The van der Waals surface area contributed by atoms with Gasteiger partial charge in [0.1, 0.15) is 0 Å². The Balaban J connectivity index is 1.49. The van der Waals surface area contributed by atoms with Gasteiger partial charge in [0.25, 0.3) is 5.56 Å². The molecule has 0 bridgehead atoms. The Hall–Kier alpha value is -3.65. The number of hydrogen-bond acceptors (Lipinski definition) is 6. The van der Waals surface area contributed by atoms with Gasteiger partial charge in [-0.15, -0.1) is 0 Å². The van der Waals surface area contributed by atoms with Crippen molar-refractivity contribution in [1.29, 1.82) is 0 Å². The van der Waals surface area contributed by atoms with Crippen LogP contribution in [0.25, 0.3) is 22.0 Å². The molecule has 1 aromatic heterocycles. The molecule has 35 heavy (non-hydrogen) atoms. The number of amides is 1. The quantitative estimate of drug-likeness (QED) is 0.475. The van der Waals surface area contributed by atoms with Crippen molar-refractivity contribution in [3.05, 3.63) is 51.8 Å². The van der Waals surface area contributed by atoms with Crippen LogP contribution < -0.4 is 20.3 Å². The van der Waals surface area contributed by atoms with Crippen LogP contribution in [-0.4, -0.2) is 47.6 Å². The molecular weight excluding hydrogens is 446 g/mol. The van der Waals surface area contributed by atoms with E-state index in [1.807, 2.05) is 6.07 Å². The van der Waals surface area contributed by atoms with Crippen molar-refractivity contribution in [2.24, 2.45) is 0 Å². The van der Waals surface area contributed by atoms with Crippen molar-refractivity contribution < 1.29 is 19.1 Å². The fraction of sp³-hybridized carbons (Fsp3) is 0.370. The lowest BCUT2D eigenvalue weighted by Gasteiger charge is -2.26. The third-order valence-electron chi connectivity index (χ3n) is 7.14. The Bertz CT molecular complexity index is 1440. The lowest BCUT2D eigenvalue weighted by molar-refractivity contribution is -0.114. The summed E-state index contributed by atoms with van der Waals surface area (Å²) in [4.78, 5) is 41.5. The summed E-state index contributed by atoms with van der Waals surface area (Å²) in [7, 11) is 0. The van der Waals surface area contributed by atoms with Crippen molar-refractivity contribution in [3.8, 4) is 22.8 Å². The lowest BCUT2D eigenvalue weighted by Crippen LogP contribution is -2.32. The molecule has 1 aliphatic carbocycles. The molecule has 0 unspecified atom stereocenters. The Morgan fingerprint density at radius 2 is 1.69 bits per heavy atom. The van der Waals surface area contributed by atoms with E-state index in [0.29, 0.717) is 56.9 Å². The zero-order valence-electron chi connectivity index (χ0n) is 19.7. The van der Waals surface area contributed by atoms with E-state index in [0.717, 1.165) is 26.1 Å². The zero-order chi connectivity index (χ0) is 24.1. The van der Waals surface area contributed by atoms with Gasteiger partial charge in [-0.05, 0) is 63.2 Å². The number of hydrogen-bond donors (Lipinski definition) is 1. The minimum absolute atomic E-state index is 0.117. The maximum absolute atomic E-state index is 13.8. The van der Waals surface area contributed by atoms with Crippen LogP contribution in [0.4, 0.5) is 5.69 Å². The van der Waals surface area contributed by atoms with Crippen molar-refractivity contribution in [2.75, 3.05) is 31.7 Å². The van der Waals surface area contributed by atoms with Crippen LogP contribution in [0, 0.1) is 0 Å². The number of aromatic nitrogens is 1. The number of benzene rings is 2. The minimum Gasteiger partial charge on any atom is -0.454 e. The summed E-state index contributed by atoms with van der Waals surface area (Å²) in [5.41, 5.74) is 2.76. The first-order valence-corrected chi connectivity index (χ1v) is 12.2. The number of ether oxygens (including phenoxy) is 2. The number of piperidine rings is 1. The summed E-state index contributed by atoms with van der Waals surface area (Å²) in [5.74, 6) is 0.777. The van der Waals surface area contributed by atoms with Crippen LogP contribution >= 0.6 is 0 Å². The molecule has 1 saturated heterocycles. The fourth-order valence-electron chi connectivity index (χ4n) is 5.55. The van der Waals surface area contributed by atoms with E-state index < -0.39 is 0 Å². The topological polar surface area (TPSA) is 89.9 Å². The van der Waals surface area contributed by atoms with E-state index in [2.05, 4.69) is 10.2 Å². The average Bonchev–Trinajstić information content (AvgIpc) is 3.42. The van der Waals surface area contributed by atoms with Crippen LogP contribution in [0.5, 0.6) is 11.5 Å². The van der Waals surface area contributed by atoms with Crippen LogP contribution in [0.15, 0.2) is 35.1 Å². The first-order valence-electron chi connectivity index (χ1n) is 12.2. The molecule has 2 aromatic carbocycles. The molecule has 1 amide bonds. The molecule has 0 atom stereocenters. The van der Waals surface area contributed by atoms with E-state index in [1.54, 1.807) is 28.8 Å². The van der Waals surface area contributed by atoms with E-state index in [1.165, 1.54) is 26.2 Å². The lowest BCUT2D eigenvalue weighted by atomic mass is 10.0. The van der Waals surface area contributed by atoms with E-state index >= 15 is 0 Å². The Morgan fingerprint density at radius 3 is 2.43 bits per heavy atom. The number of ketones is 1. The number of nitrogens with zero attached hydrogens (tertiary/aromatic N) is 2. The third-order valence-corrected chi connectivity index (χ3v) is 7.14. The predicted octanol–water partition coefficient (Wildman–Crippen LogP) is 3.78. The minimum atomic E-state index is -0.217. The number of fused-ring (bicyclic) bond motifs is 6. The van der Waals surface area contributed by atoms with Gasteiger partial charge in [0.15, 0.2) is 17.3 Å². The summed E-state index contributed by atoms with van der Waals surface area (Å²) in [5, 5.41) is 3.76. The normalized spacial score (nSPS) is 16.4. The number of pyridine rings is 1. The largest absolute Gasteiger partial charge is 0.454 e. The molecule has 180 valence electrons. The highest BCUT2D eigenvalue weighted by Crippen LogP contribution is 2.46. The maximum Gasteiger partial charge on any atom is 0.259 e. The van der Waals surface area contributed by atoms with Crippen molar-refractivity contribution in [3.63, 3.8) is 0 Å². The van der Waals surface area contributed by atoms with Crippen LogP contribution in [0.3, 0.4) is 0 Å². The molecule has 6 rings (SSSR count). The van der Waals surface area contributed by atoms with Gasteiger partial charge in [0.2, 0.25) is 12.7 Å². The Morgan fingerprint density at radius 1 is 0.943 bits per heavy atom. The second kappa shape index (κ2) is 8.53. The molecule has 8 heteroatoms. The summed E-state index contributed by atoms with van der Waals surface area (Å²) in [6, 6.07) is 8.69. The monoisotopic (exact) mass is 473 g/mol. The second-order valence-electron chi connectivity index (χ2n) is 9.46. The highest BCUT2D eigenvalue weighted by atomic mass is 16.7. The third kappa shape index (κ3) is 3.69. The number of likely N-dealkylation sites (tertiary alicyclic amines) is 1. The molecule has 1 N–H and O–H groups in total. The summed E-state index contributed by atoms with van der Waals surface area (Å²) >= 11 is 0. The molecule has 0 radical (unpaired) electrons. The maximum atomic E-state index is 13.8. The smallest absolute Gasteiger partial charge is 0.259 e. The van der Waals surface area contributed by atoms with Gasteiger partial charge in [-0.2, -0.15) is 0 Å². The second-order valence-corrected chi connectivity index (χ2v) is 9.46. The highest BCUT2D eigenvalue weighted by molar-refractivity contribution is 6.27. The van der Waals surface area contributed by atoms with Gasteiger partial charge < -0.3 is 24.3 Å². The van der Waals surface area contributed by atoms with Gasteiger partial charge in [-0.3, -0.25) is 14.4 Å². The van der Waals surface area contributed by atoms with E-state index in [4.69, 9.17) is 9.47 Å². The average molecular weight is 474 g/mol. The van der Waals surface area contributed by atoms with Gasteiger partial charge >= 0.3 is 0 Å². The highest BCUT2D eigenvalue weighted by Gasteiger charge is 2.35. The molecule has 8 nitrogen and oxygen atoms in total. The van der Waals surface area contributed by atoms with E-state index in [-0.39, 0.29) is 24.0 Å². The summed E-state index contributed by atoms with van der Waals surface area (Å²) in [6.45, 7) is 5.14. The summed E-state index contributed by atoms with van der Waals surface area (Å²) in [6.07, 6.45) is 4.51. The number of rotatable bonds is 5. The first-order chi connectivity index (χ1) is 17.0. The van der Waals surface area contributed by atoms with Gasteiger partial charge in [-0.25, -0.2) is 0 Å². The standard InChI is InChI=1S/C27H27N3O5/c1-16(31)28-17-6-7-18-21(12-17)27(33)30(11-5-10-29-8-3-2-4-9-29)25-19-13-22-23(35-15-34-22)14-20(19)26(32)24(18)25/h6-7,12-14H,2-5,8-11,15H2,1H3,(H,28,31). The summed E-state index contributed by atoms with van der Waals surface area (Å²) < 4.78 is 12.8. The fourth-order valence-corrected chi connectivity index (χ4v) is 5.55. The Kier molecular flexibility index (Phi) is 5.33. The molecule has 3 aliphatic rings. The Labute approximate surface area is 202 Å². The molecule has 0 saturated carbocycles. The van der Waals surface area contributed by atoms with Crippen molar-refractivity contribution in [2.45, 2.75) is 39.2 Å². The van der Waals surface area contributed by atoms with Gasteiger partial charge in [0.05, 0.1) is 16.6 Å². The zero-order valence-corrected chi connectivity index (χ0v) is 19.7. The molecule has 2 aliphatic heterocycles. The molecule has 3 heterocycles. The number of carbonyl (C=O) groups is 2. The van der Waals surface area contributed by atoms with Crippen molar-refractivity contribution in [1.82, 2.24) is 9.47 Å². The van der Waals surface area contributed by atoms with Crippen LogP contribution in [-0.2, 0) is 11.3 Å². The SMILES string of the molecule is CC(=O)Nc1ccc2c3c(n(CCCN4CCCCC4)c(=O)c2c1)-c1cc2c(cc1C3=O)OCO2. The number of anilines is 1. The van der Waals surface area contributed by atoms with Crippen LogP contribution in [0.1, 0.15) is 48.5 Å². The van der Waals surface area contributed by atoms with E-state index in [9.17, 15) is 14.4 Å². The molecule has 3 aromatic rings.